The number of aromatic nitrogens is 2. The molecule has 0 saturated heterocycles. The number of anilines is 3. The van der Waals surface area contributed by atoms with Gasteiger partial charge in [0, 0.05) is 22.6 Å². The Hall–Kier alpha value is -3.24. The van der Waals surface area contributed by atoms with E-state index in [2.05, 4.69) is 36.5 Å². The summed E-state index contributed by atoms with van der Waals surface area (Å²) in [6.07, 6.45) is 2.86. The summed E-state index contributed by atoms with van der Waals surface area (Å²) in [4.78, 5) is 20.6. The number of hydrogen-bond acceptors (Lipinski definition) is 5. The number of halogens is 1. The number of para-hydroxylation sites is 1. The molecule has 0 radical (unpaired) electrons. The van der Waals surface area contributed by atoms with Gasteiger partial charge < -0.3 is 10.6 Å². The Morgan fingerprint density at radius 3 is 2.56 bits per heavy atom. The quantitative estimate of drug-likeness (QED) is 0.695. The molecule has 2 N–H and O–H groups in total. The van der Waals surface area contributed by atoms with Crippen LogP contribution in [0.4, 0.5) is 17.3 Å². The Kier molecular flexibility index (Phi) is 5.02. The van der Waals surface area contributed by atoms with Crippen molar-refractivity contribution in [2.45, 2.75) is 0 Å². The smallest absolute Gasteiger partial charge is 0.258 e. The largest absolute Gasteiger partial charge is 0.324 e. The van der Waals surface area contributed by atoms with Crippen LogP contribution in [-0.2, 0) is 0 Å². The van der Waals surface area contributed by atoms with E-state index < -0.39 is 0 Å². The minimum Gasteiger partial charge on any atom is -0.324 e. The maximum Gasteiger partial charge on any atom is 0.258 e. The van der Waals surface area contributed by atoms with Gasteiger partial charge in [-0.05, 0) is 30.3 Å². The molecule has 3 aromatic rings. The second kappa shape index (κ2) is 7.55. The molecule has 122 valence electrons. The van der Waals surface area contributed by atoms with E-state index in [0.717, 1.165) is 10.2 Å². The van der Waals surface area contributed by atoms with Gasteiger partial charge in [0.2, 0.25) is 5.95 Å². The van der Waals surface area contributed by atoms with Crippen LogP contribution < -0.4 is 10.6 Å². The molecule has 0 aliphatic rings. The summed E-state index contributed by atoms with van der Waals surface area (Å²) in [7, 11) is 0. The zero-order chi connectivity index (χ0) is 17.6. The normalized spacial score (nSPS) is 9.92. The van der Waals surface area contributed by atoms with Gasteiger partial charge in [0.25, 0.3) is 5.91 Å². The van der Waals surface area contributed by atoms with Gasteiger partial charge in [-0.1, -0.05) is 34.1 Å². The van der Waals surface area contributed by atoms with Crippen LogP contribution in [0, 0.1) is 11.3 Å². The van der Waals surface area contributed by atoms with Crippen molar-refractivity contribution in [2.75, 3.05) is 10.6 Å². The third kappa shape index (κ3) is 4.19. The van der Waals surface area contributed by atoms with Crippen molar-refractivity contribution in [1.82, 2.24) is 9.97 Å². The topological polar surface area (TPSA) is 90.7 Å². The summed E-state index contributed by atoms with van der Waals surface area (Å²) < 4.78 is 0.935. The minimum atomic E-state index is -0.378. The molecule has 0 fully saturated rings. The molecule has 7 heteroatoms. The average Bonchev–Trinajstić information content (AvgIpc) is 2.63. The van der Waals surface area contributed by atoms with Crippen molar-refractivity contribution in [3.63, 3.8) is 0 Å². The molecule has 0 aliphatic heterocycles. The molecule has 0 aliphatic carbocycles. The number of benzene rings is 2. The third-order valence-corrected chi connectivity index (χ3v) is 3.78. The number of carbonyl (C=O) groups excluding carboxylic acids is 1. The monoisotopic (exact) mass is 393 g/mol. The van der Waals surface area contributed by atoms with E-state index in [4.69, 9.17) is 5.26 Å². The predicted molar refractivity (Wildman–Crippen MR) is 98.6 cm³/mol. The highest BCUT2D eigenvalue weighted by molar-refractivity contribution is 9.10. The second-order valence-electron chi connectivity index (χ2n) is 5.04. The van der Waals surface area contributed by atoms with Crippen molar-refractivity contribution >= 4 is 39.2 Å². The first-order chi connectivity index (χ1) is 12.2. The molecule has 0 saturated carbocycles. The molecule has 6 nitrogen and oxygen atoms in total. The van der Waals surface area contributed by atoms with Gasteiger partial charge in [-0.25, -0.2) is 9.97 Å². The van der Waals surface area contributed by atoms with Crippen molar-refractivity contribution in [3.05, 3.63) is 76.5 Å². The van der Waals surface area contributed by atoms with Crippen LogP contribution >= 0.6 is 15.9 Å². The van der Waals surface area contributed by atoms with Gasteiger partial charge in [-0.15, -0.1) is 0 Å². The van der Waals surface area contributed by atoms with Crippen LogP contribution in [0.25, 0.3) is 0 Å². The lowest BCUT2D eigenvalue weighted by Gasteiger charge is -2.08. The van der Waals surface area contributed by atoms with E-state index >= 15 is 0 Å². The lowest BCUT2D eigenvalue weighted by molar-refractivity contribution is 0.102. The highest BCUT2D eigenvalue weighted by Crippen LogP contribution is 2.19. The van der Waals surface area contributed by atoms with E-state index in [1.165, 1.54) is 12.4 Å². The van der Waals surface area contributed by atoms with Crippen LogP contribution in [0.1, 0.15) is 15.9 Å². The summed E-state index contributed by atoms with van der Waals surface area (Å²) >= 11 is 3.39. The number of amides is 1. The Bertz CT molecular complexity index is 950. The van der Waals surface area contributed by atoms with E-state index in [1.807, 2.05) is 30.3 Å². The molecule has 0 spiro atoms. The molecule has 25 heavy (non-hydrogen) atoms. The summed E-state index contributed by atoms with van der Waals surface area (Å²) in [5, 5.41) is 14.8. The second-order valence-corrected chi connectivity index (χ2v) is 5.96. The molecule has 2 aromatic carbocycles. The van der Waals surface area contributed by atoms with Crippen LogP contribution in [0.3, 0.4) is 0 Å². The molecule has 0 atom stereocenters. The summed E-state index contributed by atoms with van der Waals surface area (Å²) in [5.74, 6) is 0.00350. The van der Waals surface area contributed by atoms with Crippen molar-refractivity contribution < 1.29 is 4.79 Å². The number of nitrogens with one attached hydrogen (secondary N) is 2. The fraction of sp³-hybridized carbons (Fsp3) is 0. The zero-order valence-corrected chi connectivity index (χ0v) is 14.5. The molecule has 0 bridgehead atoms. The van der Waals surface area contributed by atoms with Crippen molar-refractivity contribution in [2.24, 2.45) is 0 Å². The van der Waals surface area contributed by atoms with E-state index in [9.17, 15) is 4.79 Å². The molecular formula is C18H12BrN5O. The molecular weight excluding hydrogens is 382 g/mol. The van der Waals surface area contributed by atoms with Crippen LogP contribution in [0.5, 0.6) is 0 Å². The average molecular weight is 394 g/mol. The van der Waals surface area contributed by atoms with Crippen molar-refractivity contribution in [1.29, 1.82) is 5.26 Å². The fourth-order valence-corrected chi connectivity index (χ4v) is 2.49. The third-order valence-electron chi connectivity index (χ3n) is 3.29. The summed E-state index contributed by atoms with van der Waals surface area (Å²) in [6.45, 7) is 0. The van der Waals surface area contributed by atoms with Gasteiger partial charge in [-0.3, -0.25) is 4.79 Å². The van der Waals surface area contributed by atoms with E-state index in [0.29, 0.717) is 22.8 Å². The molecule has 0 unspecified atom stereocenters. The van der Waals surface area contributed by atoms with E-state index in [-0.39, 0.29) is 5.91 Å². The van der Waals surface area contributed by atoms with Crippen LogP contribution in [-0.4, -0.2) is 15.9 Å². The van der Waals surface area contributed by atoms with Crippen LogP contribution in [0.2, 0.25) is 0 Å². The molecule has 1 amide bonds. The Morgan fingerprint density at radius 1 is 1.08 bits per heavy atom. The fourth-order valence-electron chi connectivity index (χ4n) is 2.09. The van der Waals surface area contributed by atoms with Gasteiger partial charge in [-0.2, -0.15) is 5.26 Å². The number of nitrogens with zero attached hydrogens (tertiary/aromatic N) is 3. The zero-order valence-electron chi connectivity index (χ0n) is 12.9. The highest BCUT2D eigenvalue weighted by atomic mass is 79.9. The predicted octanol–water partition coefficient (Wildman–Crippen LogP) is 4.11. The number of carbonyl (C=O) groups is 1. The van der Waals surface area contributed by atoms with Gasteiger partial charge in [0.1, 0.15) is 6.07 Å². The highest BCUT2D eigenvalue weighted by Gasteiger charge is 2.10. The first-order valence-corrected chi connectivity index (χ1v) is 8.10. The number of hydrogen-bond donors (Lipinski definition) is 2. The maximum atomic E-state index is 12.3. The first-order valence-electron chi connectivity index (χ1n) is 7.31. The van der Waals surface area contributed by atoms with Crippen molar-refractivity contribution in [3.8, 4) is 6.07 Å². The first kappa shape index (κ1) is 16.6. The molecule has 3 rings (SSSR count). The summed E-state index contributed by atoms with van der Waals surface area (Å²) in [5.41, 5.74) is 1.97. The number of rotatable bonds is 4. The van der Waals surface area contributed by atoms with Gasteiger partial charge >= 0.3 is 0 Å². The SMILES string of the molecule is N#Cc1ccccc1NC(=O)c1cnc(Nc2cccc(Br)c2)nc1. The van der Waals surface area contributed by atoms with E-state index in [1.54, 1.807) is 24.3 Å². The lowest BCUT2D eigenvalue weighted by atomic mass is 10.2. The minimum absolute atomic E-state index is 0.299. The van der Waals surface area contributed by atoms with Crippen LogP contribution in [0.15, 0.2) is 65.4 Å². The standard InChI is InChI=1S/C18H12BrN5O/c19-14-5-3-6-15(8-14)23-18-21-10-13(11-22-18)17(25)24-16-7-2-1-4-12(16)9-20/h1-8,10-11H,(H,24,25)(H,21,22,23). The molecule has 1 aromatic heterocycles. The summed E-state index contributed by atoms with van der Waals surface area (Å²) in [6, 6.07) is 16.4. The van der Waals surface area contributed by atoms with Gasteiger partial charge in [0.05, 0.1) is 16.8 Å². The molecule has 1 heterocycles. The number of nitriles is 1. The lowest BCUT2D eigenvalue weighted by Crippen LogP contribution is -2.14. The Morgan fingerprint density at radius 2 is 1.84 bits per heavy atom. The Labute approximate surface area is 152 Å². The maximum absolute atomic E-state index is 12.3. The van der Waals surface area contributed by atoms with Gasteiger partial charge in [0.15, 0.2) is 0 Å². The Balaban J connectivity index is 1.71.